The molecule has 0 spiro atoms. The van der Waals surface area contributed by atoms with E-state index in [1.165, 1.54) is 7.11 Å². The summed E-state index contributed by atoms with van der Waals surface area (Å²) in [6.07, 6.45) is -1.79. The van der Waals surface area contributed by atoms with Gasteiger partial charge < -0.3 is 24.8 Å². The van der Waals surface area contributed by atoms with Crippen molar-refractivity contribution >= 4 is 18.2 Å². The van der Waals surface area contributed by atoms with Crippen molar-refractivity contribution in [1.82, 2.24) is 10.2 Å². The number of hydrogen-bond acceptors (Lipinski definition) is 5. The molecule has 2 N–H and O–H groups in total. The van der Waals surface area contributed by atoms with Crippen LogP contribution in [0.4, 0.5) is 9.59 Å². The van der Waals surface area contributed by atoms with Crippen LogP contribution in [-0.4, -0.2) is 60.0 Å². The largest absolute Gasteiger partial charge is 0.467 e. The molecule has 0 aromatic rings. The molecule has 1 heterocycles. The van der Waals surface area contributed by atoms with Gasteiger partial charge in [-0.3, -0.25) is 0 Å². The maximum absolute atomic E-state index is 11.7. The minimum Gasteiger partial charge on any atom is -0.467 e. The molecule has 0 aromatic heterocycles. The van der Waals surface area contributed by atoms with Crippen molar-refractivity contribution in [3.63, 3.8) is 0 Å². The number of amides is 2. The first-order valence-electron chi connectivity index (χ1n) is 6.19. The van der Waals surface area contributed by atoms with E-state index in [1.807, 2.05) is 0 Å². The number of hydrogen-bond donors (Lipinski definition) is 2. The van der Waals surface area contributed by atoms with Gasteiger partial charge in [0.1, 0.15) is 11.6 Å². The fourth-order valence-corrected chi connectivity index (χ4v) is 1.81. The number of esters is 1. The molecule has 1 fully saturated rings. The maximum Gasteiger partial charge on any atom is 0.408 e. The standard InChI is InChI=1S/C12H20N2O6/c1-12(2,3)20-10(16)13-8(9(15)19-4)7-5-14(6-7)11(17)18/h7-8H,5-6H2,1-4H3,(H,13,16)(H,17,18). The van der Waals surface area contributed by atoms with Crippen LogP contribution in [0.25, 0.3) is 0 Å². The van der Waals surface area contributed by atoms with Crippen LogP contribution in [0.5, 0.6) is 0 Å². The number of rotatable bonds is 3. The number of carbonyl (C=O) groups is 3. The lowest BCUT2D eigenvalue weighted by atomic mass is 9.92. The summed E-state index contributed by atoms with van der Waals surface area (Å²) in [7, 11) is 1.21. The first-order chi connectivity index (χ1) is 9.14. The normalized spacial score (nSPS) is 16.9. The van der Waals surface area contributed by atoms with E-state index < -0.39 is 29.8 Å². The second kappa shape index (κ2) is 5.98. The summed E-state index contributed by atoms with van der Waals surface area (Å²) in [5, 5.41) is 11.2. The van der Waals surface area contributed by atoms with Crippen molar-refractivity contribution in [1.29, 1.82) is 0 Å². The van der Waals surface area contributed by atoms with Gasteiger partial charge in [-0.05, 0) is 20.8 Å². The number of nitrogens with one attached hydrogen (secondary N) is 1. The van der Waals surface area contributed by atoms with Crippen LogP contribution in [0.1, 0.15) is 20.8 Å². The van der Waals surface area contributed by atoms with Crippen molar-refractivity contribution in [2.24, 2.45) is 5.92 Å². The lowest BCUT2D eigenvalue weighted by Gasteiger charge is -2.40. The number of ether oxygens (including phenoxy) is 2. The fourth-order valence-electron chi connectivity index (χ4n) is 1.81. The minimum absolute atomic E-state index is 0.172. The fraction of sp³-hybridized carbons (Fsp3) is 0.750. The molecule has 0 bridgehead atoms. The predicted octanol–water partition coefficient (Wildman–Crippen LogP) is 0.662. The summed E-state index contributed by atoms with van der Waals surface area (Å²) < 4.78 is 9.69. The summed E-state index contributed by atoms with van der Waals surface area (Å²) in [6.45, 7) is 5.45. The van der Waals surface area contributed by atoms with Gasteiger partial charge in [-0.25, -0.2) is 14.4 Å². The van der Waals surface area contributed by atoms with E-state index >= 15 is 0 Å². The average Bonchev–Trinajstić information content (AvgIpc) is 2.21. The highest BCUT2D eigenvalue weighted by atomic mass is 16.6. The van der Waals surface area contributed by atoms with E-state index in [9.17, 15) is 14.4 Å². The third-order valence-electron chi connectivity index (χ3n) is 2.78. The Bertz CT molecular complexity index is 397. The molecule has 0 aliphatic carbocycles. The molecule has 0 radical (unpaired) electrons. The molecule has 2 amide bonds. The molecule has 1 unspecified atom stereocenters. The number of methoxy groups -OCH3 is 1. The van der Waals surface area contributed by atoms with Gasteiger partial charge in [0.15, 0.2) is 0 Å². The molecule has 20 heavy (non-hydrogen) atoms. The smallest absolute Gasteiger partial charge is 0.408 e. The molecule has 1 atom stereocenters. The van der Waals surface area contributed by atoms with Crippen LogP contribution in [0, 0.1) is 5.92 Å². The monoisotopic (exact) mass is 288 g/mol. The van der Waals surface area contributed by atoms with Crippen molar-refractivity contribution < 1.29 is 29.0 Å². The molecule has 1 saturated heterocycles. The van der Waals surface area contributed by atoms with Crippen LogP contribution < -0.4 is 5.32 Å². The lowest BCUT2D eigenvalue weighted by molar-refractivity contribution is -0.146. The number of alkyl carbamates (subject to hydrolysis) is 1. The van der Waals surface area contributed by atoms with Crippen molar-refractivity contribution in [2.45, 2.75) is 32.4 Å². The Hall–Kier alpha value is -1.99. The summed E-state index contributed by atoms with van der Waals surface area (Å²) in [5.74, 6) is -0.933. The minimum atomic E-state index is -1.05. The summed E-state index contributed by atoms with van der Waals surface area (Å²) in [4.78, 5) is 35.2. The molecular formula is C12H20N2O6. The van der Waals surface area contributed by atoms with Crippen LogP contribution in [0.3, 0.4) is 0 Å². The molecule has 8 heteroatoms. The Morgan fingerprint density at radius 2 is 1.85 bits per heavy atom. The number of nitrogens with zero attached hydrogens (tertiary/aromatic N) is 1. The summed E-state index contributed by atoms with van der Waals surface area (Å²) >= 11 is 0. The van der Waals surface area contributed by atoms with Gasteiger partial charge in [0.2, 0.25) is 0 Å². The zero-order valence-corrected chi connectivity index (χ0v) is 12.0. The van der Waals surface area contributed by atoms with Crippen molar-refractivity contribution in [3.8, 4) is 0 Å². The quantitative estimate of drug-likeness (QED) is 0.739. The third kappa shape index (κ3) is 4.29. The zero-order valence-electron chi connectivity index (χ0n) is 12.0. The second-order valence-electron chi connectivity index (χ2n) is 5.59. The second-order valence-corrected chi connectivity index (χ2v) is 5.59. The van der Waals surface area contributed by atoms with Crippen LogP contribution in [0.2, 0.25) is 0 Å². The van der Waals surface area contributed by atoms with Crippen molar-refractivity contribution in [3.05, 3.63) is 0 Å². The predicted molar refractivity (Wildman–Crippen MR) is 68.3 cm³/mol. The zero-order chi connectivity index (χ0) is 15.5. The van der Waals surface area contributed by atoms with Gasteiger partial charge in [0, 0.05) is 19.0 Å². The van der Waals surface area contributed by atoms with E-state index in [0.717, 1.165) is 4.90 Å². The highest BCUT2D eigenvalue weighted by molar-refractivity contribution is 5.82. The Morgan fingerprint density at radius 1 is 1.30 bits per heavy atom. The van der Waals surface area contributed by atoms with E-state index in [4.69, 9.17) is 9.84 Å². The number of carbonyl (C=O) groups excluding carboxylic acids is 2. The molecule has 1 aliphatic heterocycles. The van der Waals surface area contributed by atoms with Gasteiger partial charge in [0.25, 0.3) is 0 Å². The third-order valence-corrected chi connectivity index (χ3v) is 2.78. The van der Waals surface area contributed by atoms with Gasteiger partial charge in [-0.1, -0.05) is 0 Å². The molecule has 1 rings (SSSR count). The summed E-state index contributed by atoms with van der Waals surface area (Å²) in [6, 6.07) is -0.912. The molecular weight excluding hydrogens is 268 g/mol. The van der Waals surface area contributed by atoms with Crippen molar-refractivity contribution in [2.75, 3.05) is 20.2 Å². The molecule has 114 valence electrons. The number of carboxylic acid groups (broad SMARTS) is 1. The SMILES string of the molecule is COC(=O)C(NC(=O)OC(C)(C)C)C1CN(C(=O)O)C1. The Balaban J connectivity index is 2.61. The first kappa shape index (κ1) is 16.1. The number of likely N-dealkylation sites (tertiary alicyclic amines) is 1. The van der Waals surface area contributed by atoms with E-state index in [1.54, 1.807) is 20.8 Å². The molecule has 8 nitrogen and oxygen atoms in total. The molecule has 0 aromatic carbocycles. The lowest BCUT2D eigenvalue weighted by Crippen LogP contribution is -2.61. The van der Waals surface area contributed by atoms with Gasteiger partial charge in [-0.2, -0.15) is 0 Å². The van der Waals surface area contributed by atoms with Crippen LogP contribution in [-0.2, 0) is 14.3 Å². The average molecular weight is 288 g/mol. The molecule has 0 saturated carbocycles. The van der Waals surface area contributed by atoms with Gasteiger partial charge in [0.05, 0.1) is 7.11 Å². The first-order valence-corrected chi connectivity index (χ1v) is 6.19. The molecule has 1 aliphatic rings. The van der Waals surface area contributed by atoms with Gasteiger partial charge >= 0.3 is 18.2 Å². The highest BCUT2D eigenvalue weighted by Gasteiger charge is 2.41. The Kier molecular flexibility index (Phi) is 4.80. The van der Waals surface area contributed by atoms with Crippen LogP contribution in [0.15, 0.2) is 0 Å². The van der Waals surface area contributed by atoms with Crippen LogP contribution >= 0.6 is 0 Å². The van der Waals surface area contributed by atoms with E-state index in [0.29, 0.717) is 0 Å². The van der Waals surface area contributed by atoms with E-state index in [2.05, 4.69) is 10.1 Å². The maximum atomic E-state index is 11.7. The Labute approximate surface area is 117 Å². The van der Waals surface area contributed by atoms with E-state index in [-0.39, 0.29) is 19.0 Å². The van der Waals surface area contributed by atoms with Gasteiger partial charge in [-0.15, -0.1) is 0 Å². The summed E-state index contributed by atoms with van der Waals surface area (Å²) in [5.41, 5.74) is -0.683. The topological polar surface area (TPSA) is 105 Å². The Morgan fingerprint density at radius 3 is 2.25 bits per heavy atom. The highest BCUT2D eigenvalue weighted by Crippen LogP contribution is 2.20.